The Morgan fingerprint density at radius 3 is 0.673 bits per heavy atom. The van der Waals surface area contributed by atoms with Gasteiger partial charge in [0.2, 0.25) is 0 Å². The molecule has 0 amide bonds. The zero-order valence-corrected chi connectivity index (χ0v) is 35.9. The second-order valence-electron chi connectivity index (χ2n) is 17.8. The lowest BCUT2D eigenvalue weighted by Gasteiger charge is -2.47. The van der Waals surface area contributed by atoms with Crippen LogP contribution >= 0.6 is 0 Å². The second-order valence-corrected chi connectivity index (χ2v) is 17.8. The van der Waals surface area contributed by atoms with Gasteiger partial charge in [0.05, 0.1) is 26.2 Å². The molecule has 0 aromatic rings. The van der Waals surface area contributed by atoms with Crippen molar-refractivity contribution in [3.63, 3.8) is 0 Å². The first-order valence-corrected chi connectivity index (χ1v) is 23.8. The summed E-state index contributed by atoms with van der Waals surface area (Å²) in [5.41, 5.74) is 0.452. The summed E-state index contributed by atoms with van der Waals surface area (Å²) in [6.07, 6.45) is 58.3. The summed E-state index contributed by atoms with van der Waals surface area (Å²) < 4.78 is 1.25. The molecule has 0 rings (SSSR count). The van der Waals surface area contributed by atoms with Gasteiger partial charge in [0.1, 0.15) is 0 Å². The number of rotatable bonds is 42. The van der Waals surface area contributed by atoms with Gasteiger partial charge in [-0.1, -0.05) is 239 Å². The highest BCUT2D eigenvalue weighted by Gasteiger charge is 2.39. The molecule has 1 nitrogen and oxygen atoms in total. The van der Waals surface area contributed by atoms with Crippen LogP contribution in [0.5, 0.6) is 0 Å². The van der Waals surface area contributed by atoms with Crippen LogP contribution in [0.1, 0.15) is 285 Å². The molecule has 0 fully saturated rings. The van der Waals surface area contributed by atoms with Crippen LogP contribution in [0.25, 0.3) is 0 Å². The Labute approximate surface area is 314 Å². The van der Waals surface area contributed by atoms with Crippen LogP contribution in [0.2, 0.25) is 0 Å². The van der Waals surface area contributed by atoms with Crippen molar-refractivity contribution in [3.05, 3.63) is 0 Å². The van der Waals surface area contributed by atoms with Crippen LogP contribution in [0, 0.1) is 0 Å². The average molecular weight is 691 g/mol. The largest absolute Gasteiger partial charge is 0.324 e. The molecular weight excluding hydrogens is 591 g/mol. The van der Waals surface area contributed by atoms with Crippen LogP contribution < -0.4 is 0 Å². The Morgan fingerprint density at radius 2 is 0.449 bits per heavy atom. The Hall–Kier alpha value is -0.0400. The summed E-state index contributed by atoms with van der Waals surface area (Å²) in [6, 6.07) is 0. The normalized spacial score (nSPS) is 12.4. The van der Waals surface area contributed by atoms with Crippen molar-refractivity contribution in [1.29, 1.82) is 0 Å². The topological polar surface area (TPSA) is 0 Å². The highest BCUT2D eigenvalue weighted by atomic mass is 15.4. The standard InChI is InChI=1S/C48H100N/c1-7-10-13-16-19-22-25-28-29-32-35-38-41-44-47-49(5,6)48(4,45-42-39-36-33-30-26-23-20-17-14-11-8-2)46-43-40-37-34-31-27-24-21-18-15-12-9-3/h7-47H2,1-6H3/q+1. The maximum absolute atomic E-state index is 2.69. The lowest BCUT2D eigenvalue weighted by molar-refractivity contribution is -0.941. The van der Waals surface area contributed by atoms with E-state index in [4.69, 9.17) is 0 Å². The first-order valence-electron chi connectivity index (χ1n) is 23.8. The van der Waals surface area contributed by atoms with Crippen LogP contribution in [0.4, 0.5) is 0 Å². The van der Waals surface area contributed by atoms with Crippen LogP contribution in [-0.4, -0.2) is 30.7 Å². The van der Waals surface area contributed by atoms with Crippen molar-refractivity contribution in [2.24, 2.45) is 0 Å². The summed E-state index contributed by atoms with van der Waals surface area (Å²) in [5, 5.41) is 0. The van der Waals surface area contributed by atoms with E-state index in [2.05, 4.69) is 41.8 Å². The number of nitrogens with zero attached hydrogens (tertiary/aromatic N) is 1. The van der Waals surface area contributed by atoms with Crippen molar-refractivity contribution in [3.8, 4) is 0 Å². The molecule has 0 aliphatic carbocycles. The molecule has 1 heteroatoms. The van der Waals surface area contributed by atoms with Crippen LogP contribution in [0.15, 0.2) is 0 Å². The second kappa shape index (κ2) is 37.7. The molecule has 0 unspecified atom stereocenters. The fourth-order valence-electron chi connectivity index (χ4n) is 8.40. The average Bonchev–Trinajstić information content (AvgIpc) is 3.09. The third-order valence-corrected chi connectivity index (χ3v) is 12.7. The summed E-state index contributed by atoms with van der Waals surface area (Å²) in [5.74, 6) is 0. The molecule has 0 radical (unpaired) electrons. The van der Waals surface area contributed by atoms with E-state index >= 15 is 0 Å². The van der Waals surface area contributed by atoms with E-state index in [-0.39, 0.29) is 0 Å². The Morgan fingerprint density at radius 1 is 0.265 bits per heavy atom. The third-order valence-electron chi connectivity index (χ3n) is 12.7. The van der Waals surface area contributed by atoms with Gasteiger partial charge < -0.3 is 4.48 Å². The Balaban J connectivity index is 4.36. The van der Waals surface area contributed by atoms with Gasteiger partial charge in [0.15, 0.2) is 0 Å². The molecular formula is C48H100N+. The number of unbranched alkanes of at least 4 members (excludes halogenated alkanes) is 35. The number of quaternary nitrogens is 1. The Kier molecular flexibility index (Phi) is 37.7. The van der Waals surface area contributed by atoms with Gasteiger partial charge in [-0.2, -0.15) is 0 Å². The van der Waals surface area contributed by atoms with Crippen LogP contribution in [0.3, 0.4) is 0 Å². The quantitative estimate of drug-likeness (QED) is 0.0442. The van der Waals surface area contributed by atoms with Gasteiger partial charge in [-0.25, -0.2) is 0 Å². The number of hydrogen-bond acceptors (Lipinski definition) is 0. The first-order chi connectivity index (χ1) is 23.9. The van der Waals surface area contributed by atoms with Gasteiger partial charge in [0.25, 0.3) is 0 Å². The third kappa shape index (κ3) is 32.4. The molecule has 0 N–H and O–H groups in total. The summed E-state index contributed by atoms with van der Waals surface area (Å²) >= 11 is 0. The summed E-state index contributed by atoms with van der Waals surface area (Å²) in [7, 11) is 5.20. The van der Waals surface area contributed by atoms with Gasteiger partial charge in [-0.3, -0.25) is 0 Å². The SMILES string of the molecule is CCCCCCCCCCCCCCCC[N+](C)(C)C(C)(CCCCCCCCCCCCCC)CCCCCCCCCCCCCC. The molecule has 0 bridgehead atoms. The van der Waals surface area contributed by atoms with E-state index in [9.17, 15) is 0 Å². The zero-order chi connectivity index (χ0) is 36.0. The van der Waals surface area contributed by atoms with Gasteiger partial charge >= 0.3 is 0 Å². The minimum absolute atomic E-state index is 0.452. The molecule has 0 aliphatic rings. The highest BCUT2D eigenvalue weighted by molar-refractivity contribution is 4.77. The lowest BCUT2D eigenvalue weighted by Crippen LogP contribution is -2.58. The minimum Gasteiger partial charge on any atom is -0.324 e. The van der Waals surface area contributed by atoms with E-state index in [1.54, 1.807) is 0 Å². The molecule has 296 valence electrons. The predicted octanol–water partition coefficient (Wildman–Crippen LogP) is 17.5. The van der Waals surface area contributed by atoms with Gasteiger partial charge in [0, 0.05) is 12.8 Å². The molecule has 0 spiro atoms. The molecule has 0 aliphatic heterocycles. The predicted molar refractivity (Wildman–Crippen MR) is 227 cm³/mol. The minimum atomic E-state index is 0.452. The van der Waals surface area contributed by atoms with Crippen molar-refractivity contribution < 1.29 is 4.48 Å². The maximum atomic E-state index is 2.69. The number of hydrogen-bond donors (Lipinski definition) is 0. The van der Waals surface area contributed by atoms with Crippen molar-refractivity contribution in [1.82, 2.24) is 0 Å². The maximum Gasteiger partial charge on any atom is 0.0959 e. The van der Waals surface area contributed by atoms with E-state index < -0.39 is 0 Å². The fraction of sp³-hybridized carbons (Fsp3) is 1.00. The van der Waals surface area contributed by atoms with E-state index in [0.29, 0.717) is 5.54 Å². The van der Waals surface area contributed by atoms with Gasteiger partial charge in [-0.15, -0.1) is 0 Å². The molecule has 0 aromatic heterocycles. The first kappa shape index (κ1) is 49.0. The van der Waals surface area contributed by atoms with Crippen molar-refractivity contribution in [2.45, 2.75) is 290 Å². The van der Waals surface area contributed by atoms with Crippen molar-refractivity contribution in [2.75, 3.05) is 20.6 Å². The lowest BCUT2D eigenvalue weighted by atomic mass is 9.84. The molecule has 0 saturated carbocycles. The van der Waals surface area contributed by atoms with E-state index in [0.717, 1.165) is 0 Å². The fourth-order valence-corrected chi connectivity index (χ4v) is 8.40. The highest BCUT2D eigenvalue weighted by Crippen LogP contribution is 2.34. The molecule has 0 saturated heterocycles. The Bertz CT molecular complexity index is 580. The molecule has 49 heavy (non-hydrogen) atoms. The summed E-state index contributed by atoms with van der Waals surface area (Å²) in [4.78, 5) is 0. The van der Waals surface area contributed by atoms with E-state index in [1.807, 2.05) is 0 Å². The molecule has 0 heterocycles. The zero-order valence-electron chi connectivity index (χ0n) is 35.9. The summed E-state index contributed by atoms with van der Waals surface area (Å²) in [6.45, 7) is 11.0. The van der Waals surface area contributed by atoms with Gasteiger partial charge in [-0.05, 0) is 32.6 Å². The molecule has 0 aromatic carbocycles. The monoisotopic (exact) mass is 691 g/mol. The van der Waals surface area contributed by atoms with Crippen molar-refractivity contribution >= 4 is 0 Å². The smallest absolute Gasteiger partial charge is 0.0959 e. The van der Waals surface area contributed by atoms with Crippen LogP contribution in [-0.2, 0) is 0 Å². The van der Waals surface area contributed by atoms with E-state index in [1.165, 1.54) is 268 Å². The molecule has 0 atom stereocenters.